The number of halogens is 4. The number of benzene rings is 2. The summed E-state index contributed by atoms with van der Waals surface area (Å²) in [5.41, 5.74) is -2.66. The van der Waals surface area contributed by atoms with Crippen LogP contribution in [0.5, 0.6) is 0 Å². The minimum atomic E-state index is -4.11. The second-order valence-corrected chi connectivity index (χ2v) is 19.5. The third-order valence-electron chi connectivity index (χ3n) is 11.3. The maximum atomic E-state index is 13.7. The van der Waals surface area contributed by atoms with Gasteiger partial charge in [0.2, 0.25) is 21.8 Å². The number of rotatable bonds is 16. The summed E-state index contributed by atoms with van der Waals surface area (Å²) in [5, 5.41) is 20.6. The first kappa shape index (κ1) is 54.0. The topological polar surface area (TPSA) is 259 Å². The highest BCUT2D eigenvalue weighted by atomic mass is 32.2. The van der Waals surface area contributed by atoms with Gasteiger partial charge < -0.3 is 19.3 Å². The average Bonchev–Trinajstić information content (AvgIpc) is 3.34. The number of amides is 2. The molecule has 70 heavy (non-hydrogen) atoms. The Hall–Kier alpha value is -6.92. The zero-order valence-electron chi connectivity index (χ0n) is 38.3. The molecule has 18 nitrogen and oxygen atoms in total. The van der Waals surface area contributed by atoms with Gasteiger partial charge in [-0.1, -0.05) is 43.7 Å². The highest BCUT2D eigenvalue weighted by molar-refractivity contribution is 7.90. The molecule has 2 aliphatic rings. The van der Waals surface area contributed by atoms with Crippen molar-refractivity contribution >= 4 is 66.2 Å². The van der Waals surface area contributed by atoms with Crippen LogP contribution >= 0.6 is 0 Å². The quantitative estimate of drug-likeness (QED) is 0.0900. The van der Waals surface area contributed by atoms with Crippen molar-refractivity contribution in [3.05, 3.63) is 88.2 Å². The van der Waals surface area contributed by atoms with Crippen LogP contribution in [0.25, 0.3) is 10.8 Å². The molecule has 2 aliphatic heterocycles. The number of piperidine rings is 2. The number of aromatic nitrogens is 2. The minimum absolute atomic E-state index is 0.00901. The number of hydrogen-bond acceptors (Lipinski definition) is 16. The van der Waals surface area contributed by atoms with Gasteiger partial charge in [-0.3, -0.25) is 14.3 Å². The van der Waals surface area contributed by atoms with Crippen LogP contribution in [0.1, 0.15) is 115 Å². The van der Waals surface area contributed by atoms with E-state index in [0.29, 0.717) is 18.2 Å². The van der Waals surface area contributed by atoms with Gasteiger partial charge in [0.25, 0.3) is 22.9 Å². The Bertz CT molecular complexity index is 2900. The highest BCUT2D eigenvalue weighted by Crippen LogP contribution is 2.33. The van der Waals surface area contributed by atoms with E-state index in [4.69, 9.17) is 9.47 Å². The second-order valence-electron chi connectivity index (χ2n) is 16.0. The smallest absolute Gasteiger partial charge is 0.340 e. The first-order valence-corrected chi connectivity index (χ1v) is 25.3. The minimum Gasteiger partial charge on any atom is -0.462 e. The Balaban J connectivity index is 0.000000265. The summed E-state index contributed by atoms with van der Waals surface area (Å²) in [7, 11) is -7.80. The standard InChI is InChI=1S/C26H24F2N4O5S.C20H26F2N4O5S/c1-2-37-26(34)21-14-19(15-29)24(30-22(21)23(27)28)32-11-9-17(10-12-32)25(33)31-38(35,36)20-8-7-16-5-3-4-6-18(16)13-20;1-3-5-10-32(29,30)25-19(27)13-6-8-26(9-7-13)18-14(12-23)11-15(20(28)31-4-2)16(24-18)17(21)22/h3-8,13-14,17,23H,2,9-12H2,1H3,(H,31,33);11,13,17H,3-10H2,1-2H3,(H,25,27). The molecule has 0 bridgehead atoms. The molecule has 2 N–H and O–H groups in total. The van der Waals surface area contributed by atoms with Crippen LogP contribution in [0.15, 0.2) is 59.5 Å². The first-order chi connectivity index (χ1) is 33.3. The van der Waals surface area contributed by atoms with E-state index in [9.17, 15) is 64.1 Å². The predicted molar refractivity (Wildman–Crippen MR) is 246 cm³/mol. The molecule has 0 unspecified atom stereocenters. The number of carbonyl (C=O) groups is 4. The van der Waals surface area contributed by atoms with E-state index < -0.39 is 91.0 Å². The van der Waals surface area contributed by atoms with Gasteiger partial charge in [-0.15, -0.1) is 0 Å². The zero-order valence-corrected chi connectivity index (χ0v) is 39.9. The molecule has 4 heterocycles. The molecule has 2 aromatic heterocycles. The lowest BCUT2D eigenvalue weighted by Crippen LogP contribution is -2.43. The fourth-order valence-corrected chi connectivity index (χ4v) is 10.0. The zero-order chi connectivity index (χ0) is 51.3. The molecule has 0 radical (unpaired) electrons. The Morgan fingerprint density at radius 3 is 1.54 bits per heavy atom. The summed E-state index contributed by atoms with van der Waals surface area (Å²) in [6, 6.07) is 17.6. The number of esters is 2. The summed E-state index contributed by atoms with van der Waals surface area (Å²) in [4.78, 5) is 60.2. The average molecular weight is 1020 g/mol. The lowest BCUT2D eigenvalue weighted by atomic mass is 9.96. The van der Waals surface area contributed by atoms with Gasteiger partial charge in [-0.2, -0.15) is 10.5 Å². The van der Waals surface area contributed by atoms with Crippen LogP contribution in [0, 0.1) is 34.5 Å². The maximum Gasteiger partial charge on any atom is 0.340 e. The molecule has 374 valence electrons. The van der Waals surface area contributed by atoms with Gasteiger partial charge in [-0.25, -0.2) is 58.7 Å². The van der Waals surface area contributed by atoms with Crippen LogP contribution in [0.3, 0.4) is 0 Å². The van der Waals surface area contributed by atoms with E-state index in [-0.39, 0.29) is 98.5 Å². The molecular formula is C46H50F4N8O10S2. The Morgan fingerprint density at radius 1 is 0.686 bits per heavy atom. The monoisotopic (exact) mass is 1010 g/mol. The van der Waals surface area contributed by atoms with Crippen molar-refractivity contribution in [1.29, 1.82) is 10.5 Å². The van der Waals surface area contributed by atoms with Crippen molar-refractivity contribution in [2.75, 3.05) is 54.9 Å². The van der Waals surface area contributed by atoms with Crippen LogP contribution < -0.4 is 19.2 Å². The van der Waals surface area contributed by atoms with Crippen LogP contribution in [0.2, 0.25) is 0 Å². The van der Waals surface area contributed by atoms with E-state index in [1.807, 2.05) is 31.2 Å². The lowest BCUT2D eigenvalue weighted by Gasteiger charge is -2.33. The molecular weight excluding hydrogens is 965 g/mol. The Kier molecular flexibility index (Phi) is 18.6. The van der Waals surface area contributed by atoms with Gasteiger partial charge in [-0.05, 0) is 81.0 Å². The summed E-state index contributed by atoms with van der Waals surface area (Å²) >= 11 is 0. The number of anilines is 2. The van der Waals surface area contributed by atoms with E-state index >= 15 is 0 Å². The highest BCUT2D eigenvalue weighted by Gasteiger charge is 2.34. The number of hydrogen-bond donors (Lipinski definition) is 2. The van der Waals surface area contributed by atoms with Crippen molar-refractivity contribution in [1.82, 2.24) is 19.4 Å². The number of sulfonamides is 2. The largest absolute Gasteiger partial charge is 0.462 e. The van der Waals surface area contributed by atoms with Crippen molar-refractivity contribution in [2.45, 2.75) is 77.0 Å². The number of carbonyl (C=O) groups excluding carboxylic acids is 4. The van der Waals surface area contributed by atoms with Crippen LogP contribution in [0.4, 0.5) is 29.2 Å². The predicted octanol–water partition coefficient (Wildman–Crippen LogP) is 6.47. The number of nitrogens with one attached hydrogen (secondary N) is 2. The molecule has 2 aromatic carbocycles. The first-order valence-electron chi connectivity index (χ1n) is 22.2. The molecule has 6 rings (SSSR count). The van der Waals surface area contributed by atoms with Gasteiger partial charge in [0.15, 0.2) is 0 Å². The molecule has 2 amide bonds. The molecule has 24 heteroatoms. The third-order valence-corrected chi connectivity index (χ3v) is 14.0. The molecule has 0 saturated carbocycles. The van der Waals surface area contributed by atoms with E-state index in [1.165, 1.54) is 26.0 Å². The number of pyridine rings is 2. The summed E-state index contributed by atoms with van der Waals surface area (Å²) in [5.74, 6) is -4.64. The van der Waals surface area contributed by atoms with Gasteiger partial charge in [0.1, 0.15) is 35.2 Å². The second kappa shape index (κ2) is 24.1. The molecule has 4 aromatic rings. The summed E-state index contributed by atoms with van der Waals surface area (Å²) < 4.78 is 118. The van der Waals surface area contributed by atoms with Gasteiger partial charge >= 0.3 is 11.9 Å². The summed E-state index contributed by atoms with van der Waals surface area (Å²) in [6.07, 6.45) is -4.10. The lowest BCUT2D eigenvalue weighted by molar-refractivity contribution is -0.124. The summed E-state index contributed by atoms with van der Waals surface area (Å²) in [6.45, 7) is 5.59. The number of ether oxygens (including phenoxy) is 2. The number of nitriles is 2. The number of nitrogens with zero attached hydrogens (tertiary/aromatic N) is 6. The van der Waals surface area contributed by atoms with E-state index in [0.717, 1.165) is 17.5 Å². The van der Waals surface area contributed by atoms with Crippen molar-refractivity contribution in [3.63, 3.8) is 0 Å². The van der Waals surface area contributed by atoms with E-state index in [1.54, 1.807) is 28.0 Å². The van der Waals surface area contributed by atoms with Crippen LogP contribution in [-0.2, 0) is 39.1 Å². The molecule has 0 spiro atoms. The fraction of sp³-hybridized carbons (Fsp3) is 0.435. The molecule has 2 fully saturated rings. The molecule has 0 atom stereocenters. The molecule has 2 saturated heterocycles. The Labute approximate surface area is 402 Å². The van der Waals surface area contributed by atoms with Gasteiger partial charge in [0.05, 0.1) is 46.1 Å². The van der Waals surface area contributed by atoms with Crippen molar-refractivity contribution in [3.8, 4) is 12.1 Å². The van der Waals surface area contributed by atoms with E-state index in [2.05, 4.69) is 19.4 Å². The van der Waals surface area contributed by atoms with Crippen LogP contribution in [-0.4, -0.2) is 95.7 Å². The van der Waals surface area contributed by atoms with Gasteiger partial charge in [0, 0.05) is 38.0 Å². The van der Waals surface area contributed by atoms with Crippen molar-refractivity contribution in [2.24, 2.45) is 11.8 Å². The number of unbranched alkanes of at least 4 members (excludes halogenated alkanes) is 1. The number of alkyl halides is 4. The normalized spacial score (nSPS) is 14.6. The molecule has 0 aliphatic carbocycles. The van der Waals surface area contributed by atoms with Crippen molar-refractivity contribution < 1.29 is 63.0 Å². The maximum absolute atomic E-state index is 13.7. The Morgan fingerprint density at radius 2 is 1.13 bits per heavy atom. The SMILES string of the molecule is CCCCS(=O)(=O)NC(=O)C1CCN(c2nc(C(F)F)c(C(=O)OCC)cc2C#N)CC1.CCOC(=O)c1cc(C#N)c(N2CCC(C(=O)NS(=O)(=O)c3ccc4ccccc4c3)CC2)nc1C(F)F. The third kappa shape index (κ3) is 13.4. The fourth-order valence-electron chi connectivity index (χ4n) is 7.70. The number of fused-ring (bicyclic) bond motifs is 1.